The van der Waals surface area contributed by atoms with Crippen LogP contribution in [-0.2, 0) is 10.2 Å². The summed E-state index contributed by atoms with van der Waals surface area (Å²) < 4.78 is 5.14. The van der Waals surface area contributed by atoms with E-state index in [4.69, 9.17) is 4.74 Å². The zero-order valence-corrected chi connectivity index (χ0v) is 20.5. The lowest BCUT2D eigenvalue weighted by molar-refractivity contribution is -0.118. The van der Waals surface area contributed by atoms with Gasteiger partial charge in [-0.25, -0.2) is 0 Å². The zero-order valence-electron chi connectivity index (χ0n) is 19.6. The molecule has 1 aromatic heterocycles. The molecule has 5 nitrogen and oxygen atoms in total. The van der Waals surface area contributed by atoms with E-state index in [1.54, 1.807) is 37.5 Å². The van der Waals surface area contributed by atoms with Crippen LogP contribution in [0.2, 0.25) is 0 Å². The van der Waals surface area contributed by atoms with Crippen LogP contribution in [0.4, 0.5) is 0 Å². The van der Waals surface area contributed by atoms with Crippen molar-refractivity contribution in [3.8, 4) is 5.75 Å². The molecule has 0 aliphatic rings. The van der Waals surface area contributed by atoms with Gasteiger partial charge in [0.15, 0.2) is 0 Å². The number of nitrogens with one attached hydrogen (secondary N) is 2. The molecule has 3 rings (SSSR count). The molecule has 0 spiro atoms. The van der Waals surface area contributed by atoms with E-state index in [1.807, 2.05) is 36.6 Å². The summed E-state index contributed by atoms with van der Waals surface area (Å²) in [5, 5.41) is 7.70. The molecule has 1 atom stereocenters. The Morgan fingerprint density at radius 3 is 2.21 bits per heavy atom. The summed E-state index contributed by atoms with van der Waals surface area (Å²) in [5.74, 6) is -0.0552. The highest BCUT2D eigenvalue weighted by molar-refractivity contribution is 7.10. The first-order chi connectivity index (χ1) is 15.7. The van der Waals surface area contributed by atoms with Crippen LogP contribution in [0.3, 0.4) is 0 Å². The fourth-order valence-corrected chi connectivity index (χ4v) is 3.90. The molecule has 2 aromatic carbocycles. The minimum atomic E-state index is -0.363. The van der Waals surface area contributed by atoms with E-state index in [1.165, 1.54) is 16.9 Å². The molecule has 2 amide bonds. The predicted molar refractivity (Wildman–Crippen MR) is 134 cm³/mol. The van der Waals surface area contributed by atoms with Gasteiger partial charge in [0, 0.05) is 10.4 Å². The summed E-state index contributed by atoms with van der Waals surface area (Å²) in [5.41, 5.74) is 2.92. The molecule has 0 saturated carbocycles. The minimum Gasteiger partial charge on any atom is -0.497 e. The van der Waals surface area contributed by atoms with Crippen LogP contribution in [0.15, 0.2) is 71.7 Å². The molecule has 3 aromatic rings. The van der Waals surface area contributed by atoms with Crippen molar-refractivity contribution in [2.45, 2.75) is 39.2 Å². The monoisotopic (exact) mass is 462 g/mol. The Morgan fingerprint density at radius 1 is 1.00 bits per heavy atom. The standard InChI is InChI=1S/C27H30N2O3S/c1-18(19-8-12-21(13-9-19)27(2,3)4)28-26(31)24(17-23-7-6-16-33-23)29-25(30)20-10-14-22(32-5)15-11-20/h6-18H,1-5H3,(H,28,31)(H,29,30)/b24-17-. The number of hydrogen-bond acceptors (Lipinski definition) is 4. The second kappa shape index (κ2) is 10.5. The SMILES string of the molecule is COc1ccc(C(=O)N/C(=C\c2cccs2)C(=O)NC(C)c2ccc(C(C)(C)C)cc2)cc1. The highest BCUT2D eigenvalue weighted by atomic mass is 32.1. The maximum atomic E-state index is 13.1. The summed E-state index contributed by atoms with van der Waals surface area (Å²) in [6.45, 7) is 8.43. The zero-order chi connectivity index (χ0) is 24.0. The van der Waals surface area contributed by atoms with Gasteiger partial charge < -0.3 is 15.4 Å². The Kier molecular flexibility index (Phi) is 7.71. The van der Waals surface area contributed by atoms with Crippen molar-refractivity contribution in [3.63, 3.8) is 0 Å². The Hall–Kier alpha value is -3.38. The van der Waals surface area contributed by atoms with Gasteiger partial charge in [0.2, 0.25) is 0 Å². The van der Waals surface area contributed by atoms with Gasteiger partial charge in [0.25, 0.3) is 11.8 Å². The minimum absolute atomic E-state index is 0.0629. The number of carbonyl (C=O) groups excluding carboxylic acids is 2. The molecule has 0 aliphatic carbocycles. The Balaban J connectivity index is 1.77. The van der Waals surface area contributed by atoms with Crippen molar-refractivity contribution in [1.29, 1.82) is 0 Å². The van der Waals surface area contributed by atoms with Crippen molar-refractivity contribution >= 4 is 29.2 Å². The Morgan fingerprint density at radius 2 is 1.67 bits per heavy atom. The van der Waals surface area contributed by atoms with Crippen LogP contribution < -0.4 is 15.4 Å². The lowest BCUT2D eigenvalue weighted by Gasteiger charge is -2.21. The molecular formula is C27H30N2O3S. The topological polar surface area (TPSA) is 67.4 Å². The van der Waals surface area contributed by atoms with Crippen molar-refractivity contribution in [2.24, 2.45) is 0 Å². The predicted octanol–water partition coefficient (Wildman–Crippen LogP) is 5.70. The summed E-state index contributed by atoms with van der Waals surface area (Å²) in [6, 6.07) is 18.6. The molecule has 172 valence electrons. The van der Waals surface area contributed by atoms with Crippen molar-refractivity contribution < 1.29 is 14.3 Å². The van der Waals surface area contributed by atoms with E-state index in [-0.39, 0.29) is 29.0 Å². The van der Waals surface area contributed by atoms with Gasteiger partial charge in [-0.1, -0.05) is 51.1 Å². The molecule has 1 unspecified atom stereocenters. The fourth-order valence-electron chi connectivity index (χ4n) is 3.24. The highest BCUT2D eigenvalue weighted by Gasteiger charge is 2.19. The summed E-state index contributed by atoms with van der Waals surface area (Å²) in [4.78, 5) is 26.8. The number of amides is 2. The molecule has 1 heterocycles. The third kappa shape index (κ3) is 6.56. The molecule has 0 saturated heterocycles. The average molecular weight is 463 g/mol. The van der Waals surface area contributed by atoms with Gasteiger partial charge in [-0.15, -0.1) is 11.3 Å². The van der Waals surface area contributed by atoms with Crippen molar-refractivity contribution in [2.75, 3.05) is 7.11 Å². The largest absolute Gasteiger partial charge is 0.497 e. The summed E-state index contributed by atoms with van der Waals surface area (Å²) in [7, 11) is 1.57. The molecule has 0 aliphatic heterocycles. The number of methoxy groups -OCH3 is 1. The lowest BCUT2D eigenvalue weighted by Crippen LogP contribution is -2.36. The average Bonchev–Trinajstić information content (AvgIpc) is 3.31. The van der Waals surface area contributed by atoms with E-state index in [0.29, 0.717) is 11.3 Å². The van der Waals surface area contributed by atoms with E-state index < -0.39 is 0 Å². The van der Waals surface area contributed by atoms with Crippen LogP contribution in [0, 0.1) is 0 Å². The summed E-state index contributed by atoms with van der Waals surface area (Å²) >= 11 is 1.49. The maximum absolute atomic E-state index is 13.1. The number of thiophene rings is 1. The highest BCUT2D eigenvalue weighted by Crippen LogP contribution is 2.24. The van der Waals surface area contributed by atoms with Gasteiger partial charge in [-0.2, -0.15) is 0 Å². The number of carbonyl (C=O) groups is 2. The van der Waals surface area contributed by atoms with E-state index in [9.17, 15) is 9.59 Å². The number of benzene rings is 2. The van der Waals surface area contributed by atoms with Crippen LogP contribution in [0.1, 0.15) is 60.1 Å². The van der Waals surface area contributed by atoms with E-state index in [0.717, 1.165) is 10.4 Å². The van der Waals surface area contributed by atoms with Crippen molar-refractivity contribution in [1.82, 2.24) is 10.6 Å². The Labute approximate surface area is 199 Å². The first-order valence-electron chi connectivity index (χ1n) is 10.8. The molecule has 2 N–H and O–H groups in total. The van der Waals surface area contributed by atoms with E-state index in [2.05, 4.69) is 43.5 Å². The molecule has 0 bridgehead atoms. The Bertz CT molecular complexity index is 1110. The normalized spacial score (nSPS) is 12.7. The van der Waals surface area contributed by atoms with Gasteiger partial charge >= 0.3 is 0 Å². The van der Waals surface area contributed by atoms with Crippen LogP contribution in [0.5, 0.6) is 5.75 Å². The first-order valence-corrected chi connectivity index (χ1v) is 11.7. The quantitative estimate of drug-likeness (QED) is 0.443. The number of ether oxygens (including phenoxy) is 1. The second-order valence-electron chi connectivity index (χ2n) is 8.82. The third-order valence-electron chi connectivity index (χ3n) is 5.30. The number of rotatable bonds is 7. The van der Waals surface area contributed by atoms with Gasteiger partial charge in [0.1, 0.15) is 11.4 Å². The second-order valence-corrected chi connectivity index (χ2v) is 9.80. The van der Waals surface area contributed by atoms with Crippen LogP contribution in [-0.4, -0.2) is 18.9 Å². The van der Waals surface area contributed by atoms with Crippen molar-refractivity contribution in [3.05, 3.63) is 93.3 Å². The number of hydrogen-bond donors (Lipinski definition) is 2. The molecule has 0 radical (unpaired) electrons. The van der Waals surface area contributed by atoms with Crippen LogP contribution in [0.25, 0.3) is 6.08 Å². The molecule has 0 fully saturated rings. The molecule has 6 heteroatoms. The van der Waals surface area contributed by atoms with Gasteiger partial charge in [-0.3, -0.25) is 9.59 Å². The molecular weight excluding hydrogens is 432 g/mol. The first kappa shape index (κ1) is 24.3. The van der Waals surface area contributed by atoms with Crippen LogP contribution >= 0.6 is 11.3 Å². The summed E-state index contributed by atoms with van der Waals surface area (Å²) in [6.07, 6.45) is 1.69. The van der Waals surface area contributed by atoms with Gasteiger partial charge in [0.05, 0.1) is 13.2 Å². The lowest BCUT2D eigenvalue weighted by atomic mass is 9.86. The fraction of sp³-hybridized carbons (Fsp3) is 0.259. The molecule has 33 heavy (non-hydrogen) atoms. The maximum Gasteiger partial charge on any atom is 0.268 e. The smallest absolute Gasteiger partial charge is 0.268 e. The van der Waals surface area contributed by atoms with E-state index >= 15 is 0 Å². The van der Waals surface area contributed by atoms with Gasteiger partial charge in [-0.05, 0) is 65.3 Å². The third-order valence-corrected chi connectivity index (χ3v) is 6.12.